The predicted octanol–water partition coefficient (Wildman–Crippen LogP) is 1.93. The second-order valence-corrected chi connectivity index (χ2v) is 6.39. The molecule has 2 aromatic rings. The minimum atomic E-state index is -4.68. The molecule has 0 fully saturated rings. The van der Waals surface area contributed by atoms with E-state index in [2.05, 4.69) is 9.50 Å². The number of aromatic nitrogens is 2. The van der Waals surface area contributed by atoms with Crippen molar-refractivity contribution in [2.45, 2.75) is 11.1 Å². The zero-order chi connectivity index (χ0) is 15.8. The highest BCUT2D eigenvalue weighted by atomic mass is 32.2. The van der Waals surface area contributed by atoms with E-state index in [4.69, 9.17) is 0 Å². The molecule has 114 valence electrons. The minimum Gasteiger partial charge on any atom is -0.240 e. The van der Waals surface area contributed by atoms with E-state index in [1.54, 1.807) is 0 Å². The second-order valence-electron chi connectivity index (χ2n) is 3.83. The number of halogens is 4. The Morgan fingerprint density at radius 3 is 2.29 bits per heavy atom. The van der Waals surface area contributed by atoms with Crippen LogP contribution in [-0.4, -0.2) is 18.2 Å². The first-order valence-electron chi connectivity index (χ1n) is 5.27. The summed E-state index contributed by atoms with van der Waals surface area (Å²) in [6.07, 6.45) is -4.68. The molecule has 0 aliphatic carbocycles. The molecule has 1 aromatic heterocycles. The third-order valence-electron chi connectivity index (χ3n) is 2.26. The van der Waals surface area contributed by atoms with Crippen LogP contribution in [0.1, 0.15) is 5.01 Å². The lowest BCUT2D eigenvalue weighted by Crippen LogP contribution is -2.15. The average molecular weight is 341 g/mol. The Bertz CT molecular complexity index is 819. The van der Waals surface area contributed by atoms with E-state index in [1.807, 2.05) is 0 Å². The van der Waals surface area contributed by atoms with Crippen LogP contribution in [0, 0.1) is 5.82 Å². The van der Waals surface area contributed by atoms with Crippen molar-refractivity contribution in [3.05, 3.63) is 39.9 Å². The summed E-state index contributed by atoms with van der Waals surface area (Å²) in [6, 6.07) is 3.77. The number of nitrogens with zero attached hydrogens (tertiary/aromatic N) is 3. The number of alkyl halides is 3. The minimum absolute atomic E-state index is 0.0981. The Hall–Kier alpha value is -1.75. The fraction of sp³-hybridized carbons (Fsp3) is 0.200. The van der Waals surface area contributed by atoms with Crippen molar-refractivity contribution in [1.82, 2.24) is 9.78 Å². The summed E-state index contributed by atoms with van der Waals surface area (Å²) in [5.41, 5.74) is 0. The Morgan fingerprint density at radius 2 is 1.81 bits per heavy atom. The van der Waals surface area contributed by atoms with Crippen LogP contribution < -0.4 is 4.80 Å². The SMILES string of the molecule is Cn1nc(C(F)(F)F)s/c1=N/S(=O)(=O)c1ccc(F)cc1. The molecule has 0 bridgehead atoms. The second kappa shape index (κ2) is 5.22. The molecule has 11 heteroatoms. The van der Waals surface area contributed by atoms with Gasteiger partial charge >= 0.3 is 6.18 Å². The van der Waals surface area contributed by atoms with Crippen LogP contribution in [0.2, 0.25) is 0 Å². The highest BCUT2D eigenvalue weighted by molar-refractivity contribution is 7.90. The maximum Gasteiger partial charge on any atom is 0.445 e. The number of hydrogen-bond acceptors (Lipinski definition) is 4. The lowest BCUT2D eigenvalue weighted by atomic mass is 10.4. The number of hydrogen-bond donors (Lipinski definition) is 0. The van der Waals surface area contributed by atoms with Crippen LogP contribution in [0.25, 0.3) is 0 Å². The molecule has 0 saturated carbocycles. The topological polar surface area (TPSA) is 64.3 Å². The summed E-state index contributed by atoms with van der Waals surface area (Å²) in [7, 11) is -3.10. The summed E-state index contributed by atoms with van der Waals surface area (Å²) in [5.74, 6) is -0.642. The van der Waals surface area contributed by atoms with Gasteiger partial charge in [0.15, 0.2) is 0 Å². The number of aryl methyl sites for hydroxylation is 1. The molecular formula is C10H7F4N3O2S2. The van der Waals surface area contributed by atoms with Crippen molar-refractivity contribution in [1.29, 1.82) is 0 Å². The summed E-state index contributed by atoms with van der Waals surface area (Å²) in [6.45, 7) is 0. The Morgan fingerprint density at radius 1 is 1.24 bits per heavy atom. The first kappa shape index (κ1) is 15.6. The van der Waals surface area contributed by atoms with Gasteiger partial charge in [-0.2, -0.15) is 26.7 Å². The lowest BCUT2D eigenvalue weighted by molar-refractivity contribution is -0.138. The predicted molar refractivity (Wildman–Crippen MR) is 65.2 cm³/mol. The summed E-state index contributed by atoms with van der Waals surface area (Å²) >= 11 is 0.0981. The first-order chi connectivity index (χ1) is 9.59. The van der Waals surface area contributed by atoms with Crippen molar-refractivity contribution in [3.63, 3.8) is 0 Å². The van der Waals surface area contributed by atoms with Gasteiger partial charge in [-0.3, -0.25) is 0 Å². The zero-order valence-corrected chi connectivity index (χ0v) is 11.9. The van der Waals surface area contributed by atoms with Gasteiger partial charge < -0.3 is 0 Å². The molecule has 5 nitrogen and oxygen atoms in total. The zero-order valence-electron chi connectivity index (χ0n) is 10.3. The van der Waals surface area contributed by atoms with Crippen molar-refractivity contribution in [2.75, 3.05) is 0 Å². The highest BCUT2D eigenvalue weighted by Gasteiger charge is 2.35. The normalized spacial score (nSPS) is 13.7. The molecule has 2 rings (SSSR count). The van der Waals surface area contributed by atoms with Gasteiger partial charge in [0.2, 0.25) is 9.81 Å². The van der Waals surface area contributed by atoms with Gasteiger partial charge in [0.05, 0.1) is 4.90 Å². The van der Waals surface area contributed by atoms with Crippen LogP contribution in [0.4, 0.5) is 17.6 Å². The van der Waals surface area contributed by atoms with Crippen LogP contribution in [0.3, 0.4) is 0 Å². The van der Waals surface area contributed by atoms with E-state index in [9.17, 15) is 26.0 Å². The van der Waals surface area contributed by atoms with Gasteiger partial charge in [-0.15, -0.1) is 4.40 Å². The summed E-state index contributed by atoms with van der Waals surface area (Å²) in [5, 5.41) is 1.96. The van der Waals surface area contributed by atoms with Gasteiger partial charge in [-0.1, -0.05) is 11.3 Å². The molecule has 1 aromatic carbocycles. The Labute approximate surface area is 120 Å². The van der Waals surface area contributed by atoms with Crippen LogP contribution in [-0.2, 0) is 23.2 Å². The van der Waals surface area contributed by atoms with Crippen LogP contribution >= 0.6 is 11.3 Å². The summed E-state index contributed by atoms with van der Waals surface area (Å²) < 4.78 is 78.0. The molecule has 0 spiro atoms. The van der Waals surface area contributed by atoms with Crippen molar-refractivity contribution >= 4 is 21.4 Å². The van der Waals surface area contributed by atoms with Gasteiger partial charge in [-0.25, -0.2) is 9.07 Å². The van der Waals surface area contributed by atoms with E-state index in [0.717, 1.165) is 31.3 Å². The standard InChI is InChI=1S/C10H7F4N3O2S2/c1-17-9(20-8(15-17)10(12,13)14)16-21(18,19)7-4-2-6(11)3-5-7/h2-5H,1H3/b16-9+. The summed E-state index contributed by atoms with van der Waals surface area (Å²) in [4.78, 5) is -0.766. The third kappa shape index (κ3) is 3.47. The van der Waals surface area contributed by atoms with E-state index in [0.29, 0.717) is 4.68 Å². The van der Waals surface area contributed by atoms with Crippen molar-refractivity contribution < 1.29 is 26.0 Å². The fourth-order valence-corrected chi connectivity index (χ4v) is 3.28. The molecule has 0 aliphatic rings. The highest BCUT2D eigenvalue weighted by Crippen LogP contribution is 2.28. The molecule has 0 unspecified atom stereocenters. The number of benzene rings is 1. The van der Waals surface area contributed by atoms with Crippen molar-refractivity contribution in [2.24, 2.45) is 11.4 Å². The largest absolute Gasteiger partial charge is 0.445 e. The quantitative estimate of drug-likeness (QED) is 0.784. The van der Waals surface area contributed by atoms with E-state index in [-0.39, 0.29) is 16.2 Å². The molecule has 1 heterocycles. The van der Waals surface area contributed by atoms with Gasteiger partial charge in [0.25, 0.3) is 10.0 Å². The van der Waals surface area contributed by atoms with Gasteiger partial charge in [0.1, 0.15) is 5.82 Å². The molecule has 21 heavy (non-hydrogen) atoms. The van der Waals surface area contributed by atoms with E-state index in [1.165, 1.54) is 0 Å². The molecule has 0 N–H and O–H groups in total. The number of sulfonamides is 1. The maximum atomic E-state index is 12.7. The van der Waals surface area contributed by atoms with Crippen molar-refractivity contribution in [3.8, 4) is 0 Å². The number of rotatable bonds is 2. The molecule has 0 amide bonds. The molecule has 0 saturated heterocycles. The molecular weight excluding hydrogens is 334 g/mol. The van der Waals surface area contributed by atoms with Crippen LogP contribution in [0.5, 0.6) is 0 Å². The Balaban J connectivity index is 2.53. The maximum absolute atomic E-state index is 12.7. The Kier molecular flexibility index (Phi) is 3.89. The monoisotopic (exact) mass is 341 g/mol. The smallest absolute Gasteiger partial charge is 0.240 e. The van der Waals surface area contributed by atoms with Crippen LogP contribution in [0.15, 0.2) is 33.6 Å². The first-order valence-corrected chi connectivity index (χ1v) is 7.53. The molecule has 0 radical (unpaired) electrons. The van der Waals surface area contributed by atoms with Gasteiger partial charge in [0, 0.05) is 7.05 Å². The lowest BCUT2D eigenvalue weighted by Gasteiger charge is -1.97. The molecule has 0 atom stereocenters. The molecule has 0 aliphatic heterocycles. The van der Waals surface area contributed by atoms with E-state index >= 15 is 0 Å². The van der Waals surface area contributed by atoms with E-state index < -0.39 is 31.8 Å². The fourth-order valence-electron chi connectivity index (χ4n) is 1.31. The third-order valence-corrected chi connectivity index (χ3v) is 4.70. The average Bonchev–Trinajstić information content (AvgIpc) is 2.71. The van der Waals surface area contributed by atoms with Gasteiger partial charge in [-0.05, 0) is 24.3 Å².